The second kappa shape index (κ2) is 9.16. The molecule has 0 bridgehead atoms. The summed E-state index contributed by atoms with van der Waals surface area (Å²) in [5, 5.41) is 3.02. The number of ether oxygens (including phenoxy) is 2. The van der Waals surface area contributed by atoms with Crippen molar-refractivity contribution in [1.29, 1.82) is 0 Å². The Labute approximate surface area is 144 Å². The molecule has 5 heteroatoms. The maximum absolute atomic E-state index is 11.9. The zero-order valence-corrected chi connectivity index (χ0v) is 14.3. The van der Waals surface area contributed by atoms with E-state index < -0.39 is 0 Å². The second-order valence-electron chi connectivity index (χ2n) is 6.78. The maximum atomic E-state index is 11.9. The first-order valence-corrected chi connectivity index (χ1v) is 9.01. The normalized spacial score (nSPS) is 22.6. The van der Waals surface area contributed by atoms with Gasteiger partial charge >= 0.3 is 0 Å². The number of rotatable bonds is 7. The number of carbonyl (C=O) groups is 1. The molecule has 1 atom stereocenters. The molecule has 1 aromatic carbocycles. The zero-order valence-electron chi connectivity index (χ0n) is 14.3. The van der Waals surface area contributed by atoms with Crippen LogP contribution < -0.4 is 5.32 Å². The number of carbonyl (C=O) groups excluding carboxylic acids is 1. The van der Waals surface area contributed by atoms with Crippen LogP contribution in [-0.4, -0.2) is 56.3 Å². The van der Waals surface area contributed by atoms with Crippen molar-refractivity contribution in [2.75, 3.05) is 39.5 Å². The van der Waals surface area contributed by atoms with Crippen molar-refractivity contribution < 1.29 is 14.3 Å². The van der Waals surface area contributed by atoms with Crippen LogP contribution in [0.5, 0.6) is 0 Å². The lowest BCUT2D eigenvalue weighted by molar-refractivity contribution is -0.126. The predicted octanol–water partition coefficient (Wildman–Crippen LogP) is 1.82. The third-order valence-electron chi connectivity index (χ3n) is 5.00. The SMILES string of the molecule is O=C(COCc1ccccc1)NCC1CCN([C@H]2CCOC2)CC1. The standard InChI is InChI=1S/C19H28N2O3/c22-19(15-24-13-17-4-2-1-3-5-17)20-12-16-6-9-21(10-7-16)18-8-11-23-14-18/h1-5,16,18H,6-15H2,(H,20,22)/t18-/m0/s1. The first-order chi connectivity index (χ1) is 11.8. The summed E-state index contributed by atoms with van der Waals surface area (Å²) >= 11 is 0. The molecule has 2 aliphatic heterocycles. The van der Waals surface area contributed by atoms with Crippen LogP contribution in [0, 0.1) is 5.92 Å². The van der Waals surface area contributed by atoms with Crippen molar-refractivity contribution in [2.45, 2.75) is 31.9 Å². The van der Waals surface area contributed by atoms with Gasteiger partial charge in [0.1, 0.15) is 6.61 Å². The fraction of sp³-hybridized carbons (Fsp3) is 0.632. The van der Waals surface area contributed by atoms with Gasteiger partial charge in [0.2, 0.25) is 5.91 Å². The Morgan fingerprint density at radius 3 is 2.71 bits per heavy atom. The van der Waals surface area contributed by atoms with E-state index in [9.17, 15) is 4.79 Å². The van der Waals surface area contributed by atoms with E-state index >= 15 is 0 Å². The number of piperidine rings is 1. The van der Waals surface area contributed by atoms with Crippen molar-refractivity contribution >= 4 is 5.91 Å². The molecule has 0 saturated carbocycles. The van der Waals surface area contributed by atoms with Gasteiger partial charge in [0.05, 0.1) is 13.2 Å². The monoisotopic (exact) mass is 332 g/mol. The third kappa shape index (κ3) is 5.30. The molecule has 3 rings (SSSR count). The summed E-state index contributed by atoms with van der Waals surface area (Å²) in [5.41, 5.74) is 1.09. The minimum atomic E-state index is -0.0162. The quantitative estimate of drug-likeness (QED) is 0.827. The van der Waals surface area contributed by atoms with Crippen LogP contribution in [0.1, 0.15) is 24.8 Å². The van der Waals surface area contributed by atoms with E-state index in [-0.39, 0.29) is 12.5 Å². The van der Waals surface area contributed by atoms with Gasteiger partial charge in [0, 0.05) is 19.2 Å². The van der Waals surface area contributed by atoms with Crippen molar-refractivity contribution in [3.63, 3.8) is 0 Å². The number of nitrogens with zero attached hydrogens (tertiary/aromatic N) is 1. The zero-order chi connectivity index (χ0) is 16.6. The number of amides is 1. The van der Waals surface area contributed by atoms with Gasteiger partial charge in [-0.3, -0.25) is 9.69 Å². The summed E-state index contributed by atoms with van der Waals surface area (Å²) in [5.74, 6) is 0.569. The van der Waals surface area contributed by atoms with E-state index in [1.165, 1.54) is 6.42 Å². The molecule has 2 aliphatic rings. The second-order valence-corrected chi connectivity index (χ2v) is 6.78. The largest absolute Gasteiger partial charge is 0.380 e. The Morgan fingerprint density at radius 2 is 2.00 bits per heavy atom. The van der Waals surface area contributed by atoms with Gasteiger partial charge in [-0.05, 0) is 43.8 Å². The highest BCUT2D eigenvalue weighted by Crippen LogP contribution is 2.21. The Bertz CT molecular complexity index is 495. The molecular formula is C19H28N2O3. The fourth-order valence-corrected chi connectivity index (χ4v) is 3.48. The molecule has 1 N–H and O–H groups in total. The van der Waals surface area contributed by atoms with E-state index in [0.717, 1.165) is 51.3 Å². The first kappa shape index (κ1) is 17.4. The van der Waals surface area contributed by atoms with Crippen molar-refractivity contribution in [3.8, 4) is 0 Å². The summed E-state index contributed by atoms with van der Waals surface area (Å²) in [6, 6.07) is 10.5. The summed E-state index contributed by atoms with van der Waals surface area (Å²) in [6.45, 7) is 5.42. The Kier molecular flexibility index (Phi) is 6.64. The van der Waals surface area contributed by atoms with E-state index in [1.54, 1.807) is 0 Å². The van der Waals surface area contributed by atoms with Crippen LogP contribution >= 0.6 is 0 Å². The lowest BCUT2D eigenvalue weighted by Crippen LogP contribution is -2.44. The highest BCUT2D eigenvalue weighted by atomic mass is 16.5. The average Bonchev–Trinajstić information content (AvgIpc) is 3.16. The molecule has 0 aromatic heterocycles. The number of hydrogen-bond donors (Lipinski definition) is 1. The molecular weight excluding hydrogens is 304 g/mol. The molecule has 2 heterocycles. The van der Waals surface area contributed by atoms with E-state index in [1.807, 2.05) is 30.3 Å². The van der Waals surface area contributed by atoms with E-state index in [0.29, 0.717) is 18.6 Å². The smallest absolute Gasteiger partial charge is 0.246 e. The molecule has 24 heavy (non-hydrogen) atoms. The molecule has 0 radical (unpaired) electrons. The van der Waals surface area contributed by atoms with Crippen LogP contribution in [-0.2, 0) is 20.9 Å². The van der Waals surface area contributed by atoms with Crippen LogP contribution in [0.4, 0.5) is 0 Å². The third-order valence-corrected chi connectivity index (χ3v) is 5.00. The summed E-state index contributed by atoms with van der Waals surface area (Å²) in [6.07, 6.45) is 3.48. The Morgan fingerprint density at radius 1 is 1.21 bits per heavy atom. The van der Waals surface area contributed by atoms with Crippen LogP contribution in [0.15, 0.2) is 30.3 Å². The molecule has 5 nitrogen and oxygen atoms in total. The van der Waals surface area contributed by atoms with Crippen molar-refractivity contribution in [3.05, 3.63) is 35.9 Å². The lowest BCUT2D eigenvalue weighted by Gasteiger charge is -2.35. The van der Waals surface area contributed by atoms with Gasteiger partial charge in [-0.25, -0.2) is 0 Å². The minimum Gasteiger partial charge on any atom is -0.380 e. The van der Waals surface area contributed by atoms with Gasteiger partial charge in [-0.2, -0.15) is 0 Å². The van der Waals surface area contributed by atoms with Crippen LogP contribution in [0.3, 0.4) is 0 Å². The fourth-order valence-electron chi connectivity index (χ4n) is 3.48. The Balaban J connectivity index is 1.27. The first-order valence-electron chi connectivity index (χ1n) is 9.01. The number of nitrogens with one attached hydrogen (secondary N) is 1. The molecule has 1 aromatic rings. The average molecular weight is 332 g/mol. The highest BCUT2D eigenvalue weighted by Gasteiger charge is 2.27. The van der Waals surface area contributed by atoms with Gasteiger partial charge in [-0.15, -0.1) is 0 Å². The predicted molar refractivity (Wildman–Crippen MR) is 92.6 cm³/mol. The summed E-state index contributed by atoms with van der Waals surface area (Å²) in [7, 11) is 0. The number of benzene rings is 1. The number of hydrogen-bond acceptors (Lipinski definition) is 4. The van der Waals surface area contributed by atoms with Gasteiger partial charge in [-0.1, -0.05) is 30.3 Å². The molecule has 132 valence electrons. The van der Waals surface area contributed by atoms with Crippen molar-refractivity contribution in [2.24, 2.45) is 5.92 Å². The van der Waals surface area contributed by atoms with Gasteiger partial charge in [0.15, 0.2) is 0 Å². The van der Waals surface area contributed by atoms with Crippen molar-refractivity contribution in [1.82, 2.24) is 10.2 Å². The topological polar surface area (TPSA) is 50.8 Å². The van der Waals surface area contributed by atoms with E-state index in [4.69, 9.17) is 9.47 Å². The van der Waals surface area contributed by atoms with E-state index in [2.05, 4.69) is 10.2 Å². The summed E-state index contributed by atoms with van der Waals surface area (Å²) in [4.78, 5) is 14.4. The molecule has 0 aliphatic carbocycles. The minimum absolute atomic E-state index is 0.0162. The number of likely N-dealkylation sites (tertiary alicyclic amines) is 1. The molecule has 2 saturated heterocycles. The lowest BCUT2D eigenvalue weighted by atomic mass is 9.95. The molecule has 0 spiro atoms. The van der Waals surface area contributed by atoms with Gasteiger partial charge in [0.25, 0.3) is 0 Å². The highest BCUT2D eigenvalue weighted by molar-refractivity contribution is 5.77. The van der Waals surface area contributed by atoms with Gasteiger partial charge < -0.3 is 14.8 Å². The van der Waals surface area contributed by atoms with Crippen LogP contribution in [0.2, 0.25) is 0 Å². The molecule has 0 unspecified atom stereocenters. The maximum Gasteiger partial charge on any atom is 0.246 e. The summed E-state index contributed by atoms with van der Waals surface area (Å²) < 4.78 is 10.9. The molecule has 2 fully saturated rings. The Hall–Kier alpha value is -1.43. The molecule has 1 amide bonds. The van der Waals surface area contributed by atoms with Crippen LogP contribution in [0.25, 0.3) is 0 Å².